The van der Waals surface area contributed by atoms with Crippen LogP contribution in [-0.2, 0) is 0 Å². The lowest BCUT2D eigenvalue weighted by Crippen LogP contribution is -1.99. The normalized spacial score (nSPS) is 10.9. The van der Waals surface area contributed by atoms with E-state index in [4.69, 9.17) is 52.1 Å². The van der Waals surface area contributed by atoms with Gasteiger partial charge in [-0.05, 0) is 54.7 Å². The summed E-state index contributed by atoms with van der Waals surface area (Å²) in [5.74, 6) is 0. The third kappa shape index (κ3) is 2.40. The van der Waals surface area contributed by atoms with Crippen LogP contribution in [0.5, 0.6) is 0 Å². The molecule has 0 fully saturated rings. The monoisotopic (exact) mass is 339 g/mol. The molecule has 1 heterocycles. The number of fused-ring (bicyclic) bond motifs is 1. The second-order valence-electron chi connectivity index (χ2n) is 4.13. The zero-order valence-corrected chi connectivity index (χ0v) is 13.1. The Labute approximate surface area is 135 Å². The van der Waals surface area contributed by atoms with Crippen LogP contribution in [0.25, 0.3) is 16.7 Å². The smallest absolute Gasteiger partial charge is 0.274 e. The molecule has 0 spiro atoms. The number of nitrogens with zero attached hydrogens (tertiary/aromatic N) is 1. The van der Waals surface area contributed by atoms with Crippen LogP contribution in [0.2, 0.25) is 10.0 Å². The first-order valence-electron chi connectivity index (χ1n) is 5.67. The SMILES string of the molecule is S=c1oc2ccc(Cl)cc2c(=S)n1-c1ccc(Cl)cc1. The van der Waals surface area contributed by atoms with Crippen molar-refractivity contribution in [3.05, 3.63) is 62.0 Å². The Balaban J connectivity index is 2.39. The van der Waals surface area contributed by atoms with Crippen molar-refractivity contribution in [2.45, 2.75) is 0 Å². The van der Waals surface area contributed by atoms with E-state index in [1.165, 1.54) is 0 Å². The minimum absolute atomic E-state index is 0.284. The van der Waals surface area contributed by atoms with Gasteiger partial charge in [0.2, 0.25) is 0 Å². The highest BCUT2D eigenvalue weighted by molar-refractivity contribution is 7.72. The molecule has 0 amide bonds. The lowest BCUT2D eigenvalue weighted by molar-refractivity contribution is 0.537. The van der Waals surface area contributed by atoms with Crippen LogP contribution in [-0.4, -0.2) is 4.57 Å². The van der Waals surface area contributed by atoms with Crippen molar-refractivity contribution < 1.29 is 4.42 Å². The van der Waals surface area contributed by atoms with Crippen LogP contribution in [0, 0.1) is 9.48 Å². The van der Waals surface area contributed by atoms with Crippen molar-refractivity contribution in [3.63, 3.8) is 0 Å². The number of benzene rings is 2. The van der Waals surface area contributed by atoms with Gasteiger partial charge >= 0.3 is 0 Å². The van der Waals surface area contributed by atoms with Gasteiger partial charge in [-0.3, -0.25) is 4.57 Å². The first-order valence-corrected chi connectivity index (χ1v) is 7.25. The first kappa shape index (κ1) is 13.8. The minimum Gasteiger partial charge on any atom is -0.431 e. The highest BCUT2D eigenvalue weighted by Gasteiger charge is 2.07. The van der Waals surface area contributed by atoms with Gasteiger partial charge in [-0.2, -0.15) is 0 Å². The van der Waals surface area contributed by atoms with Gasteiger partial charge in [-0.1, -0.05) is 35.4 Å². The van der Waals surface area contributed by atoms with E-state index in [0.29, 0.717) is 20.3 Å². The fraction of sp³-hybridized carbons (Fsp3) is 0. The molecule has 0 saturated heterocycles. The summed E-state index contributed by atoms with van der Waals surface area (Å²) in [6.07, 6.45) is 0. The van der Waals surface area contributed by atoms with Gasteiger partial charge in [-0.25, -0.2) is 0 Å². The number of aromatic nitrogens is 1. The van der Waals surface area contributed by atoms with Gasteiger partial charge in [0, 0.05) is 10.0 Å². The minimum atomic E-state index is 0.284. The molecule has 0 atom stereocenters. The first-order chi connectivity index (χ1) is 9.56. The molecule has 3 aromatic rings. The van der Waals surface area contributed by atoms with Gasteiger partial charge in [0.05, 0.1) is 11.1 Å². The summed E-state index contributed by atoms with van der Waals surface area (Å²) >= 11 is 22.7. The van der Waals surface area contributed by atoms with E-state index in [0.717, 1.165) is 11.1 Å². The second-order valence-corrected chi connectivity index (χ2v) is 5.73. The van der Waals surface area contributed by atoms with Crippen molar-refractivity contribution in [1.29, 1.82) is 0 Å². The van der Waals surface area contributed by atoms with Crippen LogP contribution in [0.15, 0.2) is 46.9 Å². The van der Waals surface area contributed by atoms with E-state index in [1.807, 2.05) is 12.1 Å². The van der Waals surface area contributed by atoms with Gasteiger partial charge < -0.3 is 4.42 Å². The van der Waals surface area contributed by atoms with E-state index in [1.54, 1.807) is 34.9 Å². The number of hydrogen-bond donors (Lipinski definition) is 0. The summed E-state index contributed by atoms with van der Waals surface area (Å²) in [6.45, 7) is 0. The van der Waals surface area contributed by atoms with Crippen molar-refractivity contribution in [2.75, 3.05) is 0 Å². The molecule has 2 aromatic carbocycles. The molecule has 0 radical (unpaired) electrons. The molecule has 0 N–H and O–H groups in total. The maximum Gasteiger partial charge on any atom is 0.274 e. The topological polar surface area (TPSA) is 18.1 Å². The highest BCUT2D eigenvalue weighted by atomic mass is 35.5. The molecule has 0 aliphatic rings. The largest absolute Gasteiger partial charge is 0.431 e. The van der Waals surface area contributed by atoms with Gasteiger partial charge in [0.25, 0.3) is 4.84 Å². The lowest BCUT2D eigenvalue weighted by Gasteiger charge is -2.09. The third-order valence-electron chi connectivity index (χ3n) is 2.84. The summed E-state index contributed by atoms with van der Waals surface area (Å²) < 4.78 is 7.87. The van der Waals surface area contributed by atoms with Crippen LogP contribution in [0.1, 0.15) is 0 Å². The Hall–Kier alpha value is -1.20. The maximum atomic E-state index is 6.01. The van der Waals surface area contributed by atoms with E-state index in [9.17, 15) is 0 Å². The van der Waals surface area contributed by atoms with E-state index < -0.39 is 0 Å². The number of rotatable bonds is 1. The van der Waals surface area contributed by atoms with Crippen LogP contribution in [0.4, 0.5) is 0 Å². The molecule has 3 rings (SSSR count). The van der Waals surface area contributed by atoms with E-state index >= 15 is 0 Å². The quantitative estimate of drug-likeness (QED) is 0.507. The predicted molar refractivity (Wildman–Crippen MR) is 87.2 cm³/mol. The van der Waals surface area contributed by atoms with Gasteiger partial charge in [-0.15, -0.1) is 0 Å². The Bertz CT molecular complexity index is 913. The molecule has 0 unspecified atom stereocenters. The molecule has 0 aliphatic heterocycles. The standard InChI is InChI=1S/C14H7Cl2NOS2/c15-8-1-4-10(5-2-8)17-13(19)11-7-9(16)3-6-12(11)18-14(17)20/h1-7H. The predicted octanol–water partition coefficient (Wildman–Crippen LogP) is 5.99. The molecule has 0 bridgehead atoms. The van der Waals surface area contributed by atoms with E-state index in [-0.39, 0.29) is 4.84 Å². The number of halogens is 2. The summed E-state index contributed by atoms with van der Waals surface area (Å²) in [6, 6.07) is 12.5. The van der Waals surface area contributed by atoms with Crippen molar-refractivity contribution in [2.24, 2.45) is 0 Å². The van der Waals surface area contributed by atoms with E-state index in [2.05, 4.69) is 0 Å². The Morgan fingerprint density at radius 3 is 2.25 bits per heavy atom. The Morgan fingerprint density at radius 1 is 0.900 bits per heavy atom. The lowest BCUT2D eigenvalue weighted by atomic mass is 10.2. The molecule has 100 valence electrons. The van der Waals surface area contributed by atoms with Crippen LogP contribution in [0.3, 0.4) is 0 Å². The summed E-state index contributed by atoms with van der Waals surface area (Å²) in [5.41, 5.74) is 1.42. The van der Waals surface area contributed by atoms with Gasteiger partial charge in [0.1, 0.15) is 10.2 Å². The summed E-state index contributed by atoms with van der Waals surface area (Å²) in [7, 11) is 0. The molecule has 1 aromatic heterocycles. The zero-order chi connectivity index (χ0) is 14.3. The second kappa shape index (κ2) is 5.30. The van der Waals surface area contributed by atoms with Crippen molar-refractivity contribution in [3.8, 4) is 5.69 Å². The fourth-order valence-corrected chi connectivity index (χ4v) is 2.90. The molecule has 2 nitrogen and oxygen atoms in total. The average Bonchev–Trinajstić information content (AvgIpc) is 2.42. The van der Waals surface area contributed by atoms with Crippen LogP contribution >= 0.6 is 47.6 Å². The zero-order valence-electron chi connectivity index (χ0n) is 9.97. The van der Waals surface area contributed by atoms with Crippen LogP contribution < -0.4 is 0 Å². The van der Waals surface area contributed by atoms with Crippen molar-refractivity contribution in [1.82, 2.24) is 4.57 Å². The van der Waals surface area contributed by atoms with Crippen molar-refractivity contribution >= 4 is 58.6 Å². The molecule has 0 aliphatic carbocycles. The Kier molecular flexibility index (Phi) is 3.65. The highest BCUT2D eigenvalue weighted by Crippen LogP contribution is 2.24. The summed E-state index contributed by atoms with van der Waals surface area (Å²) in [5, 5.41) is 1.99. The van der Waals surface area contributed by atoms with Gasteiger partial charge in [0.15, 0.2) is 0 Å². The average molecular weight is 340 g/mol. The number of hydrogen-bond acceptors (Lipinski definition) is 3. The fourth-order valence-electron chi connectivity index (χ4n) is 1.91. The Morgan fingerprint density at radius 2 is 1.55 bits per heavy atom. The molecular weight excluding hydrogens is 333 g/mol. The third-order valence-corrected chi connectivity index (χ3v) is 4.00. The molecule has 20 heavy (non-hydrogen) atoms. The maximum absolute atomic E-state index is 6.01. The molecular formula is C14H7Cl2NOS2. The summed E-state index contributed by atoms with van der Waals surface area (Å²) in [4.78, 5) is 0.284. The molecule has 6 heteroatoms. The molecule has 0 saturated carbocycles.